The van der Waals surface area contributed by atoms with E-state index in [9.17, 15) is 13.6 Å². The Balaban J connectivity index is 1.89. The predicted molar refractivity (Wildman–Crippen MR) is 98.8 cm³/mol. The SMILES string of the molecule is O=C(NCC(F)F)[C@H](Nc1ccc2c(c1)CNC2)c1cc(Cl)ccc1Cl. The van der Waals surface area contributed by atoms with Crippen LogP contribution in [0.25, 0.3) is 0 Å². The highest BCUT2D eigenvalue weighted by Gasteiger charge is 2.24. The maximum Gasteiger partial charge on any atom is 0.255 e. The van der Waals surface area contributed by atoms with Crippen molar-refractivity contribution >= 4 is 34.8 Å². The normalized spacial score (nSPS) is 14.2. The summed E-state index contributed by atoms with van der Waals surface area (Å²) in [5.74, 6) is -0.604. The molecule has 1 atom stereocenters. The predicted octanol–water partition coefficient (Wildman–Crippen LogP) is 4.13. The molecule has 0 saturated heterocycles. The maximum absolute atomic E-state index is 12.5. The first-order valence-electron chi connectivity index (χ1n) is 8.04. The highest BCUT2D eigenvalue weighted by atomic mass is 35.5. The highest BCUT2D eigenvalue weighted by molar-refractivity contribution is 6.33. The van der Waals surface area contributed by atoms with Crippen LogP contribution in [0, 0.1) is 0 Å². The lowest BCUT2D eigenvalue weighted by atomic mass is 10.0. The molecule has 26 heavy (non-hydrogen) atoms. The number of carbonyl (C=O) groups is 1. The fourth-order valence-electron chi connectivity index (χ4n) is 2.85. The molecule has 8 heteroatoms. The number of hydrogen-bond donors (Lipinski definition) is 3. The molecule has 0 aliphatic carbocycles. The van der Waals surface area contributed by atoms with Crippen LogP contribution in [0.3, 0.4) is 0 Å². The van der Waals surface area contributed by atoms with Gasteiger partial charge in [0.15, 0.2) is 0 Å². The third-order valence-corrected chi connectivity index (χ3v) is 4.69. The Bertz CT molecular complexity index is 817. The third-order valence-electron chi connectivity index (χ3n) is 4.11. The van der Waals surface area contributed by atoms with Crippen LogP contribution in [0.5, 0.6) is 0 Å². The Kier molecular flexibility index (Phi) is 5.96. The number of benzene rings is 2. The van der Waals surface area contributed by atoms with Gasteiger partial charge >= 0.3 is 0 Å². The average Bonchev–Trinajstić information content (AvgIpc) is 3.07. The molecular weight excluding hydrogens is 383 g/mol. The van der Waals surface area contributed by atoms with E-state index in [0.29, 0.717) is 21.3 Å². The van der Waals surface area contributed by atoms with Gasteiger partial charge in [-0.3, -0.25) is 4.79 Å². The van der Waals surface area contributed by atoms with E-state index >= 15 is 0 Å². The molecule has 3 rings (SSSR count). The fraction of sp³-hybridized carbons (Fsp3) is 0.278. The standard InChI is InChI=1S/C18H17Cl2F2N3O/c19-12-2-4-15(20)14(6-12)17(18(26)24-9-16(21)22)25-13-3-1-10-7-23-8-11(10)5-13/h1-6,16-17,23,25H,7-9H2,(H,24,26)/t17-/m1/s1. The summed E-state index contributed by atoms with van der Waals surface area (Å²) in [7, 11) is 0. The Morgan fingerprint density at radius 1 is 1.12 bits per heavy atom. The van der Waals surface area contributed by atoms with E-state index in [0.717, 1.165) is 18.7 Å². The van der Waals surface area contributed by atoms with Crippen LogP contribution in [0.15, 0.2) is 36.4 Å². The molecule has 0 radical (unpaired) electrons. The maximum atomic E-state index is 12.5. The van der Waals surface area contributed by atoms with Gasteiger partial charge in [-0.25, -0.2) is 8.78 Å². The Hall–Kier alpha value is -1.89. The van der Waals surface area contributed by atoms with Crippen LogP contribution in [0.2, 0.25) is 10.0 Å². The Morgan fingerprint density at radius 3 is 2.65 bits per heavy atom. The van der Waals surface area contributed by atoms with Crippen LogP contribution in [-0.2, 0) is 17.9 Å². The minimum atomic E-state index is -2.64. The second-order valence-corrected chi connectivity index (χ2v) is 6.81. The van der Waals surface area contributed by atoms with Crippen molar-refractivity contribution in [3.05, 3.63) is 63.1 Å². The number of fused-ring (bicyclic) bond motifs is 1. The first kappa shape index (κ1) is 18.9. The number of alkyl halides is 2. The summed E-state index contributed by atoms with van der Waals surface area (Å²) in [4.78, 5) is 12.5. The van der Waals surface area contributed by atoms with Gasteiger partial charge in [0, 0.05) is 34.4 Å². The molecule has 138 valence electrons. The molecule has 1 aliphatic rings. The van der Waals surface area contributed by atoms with Gasteiger partial charge < -0.3 is 16.0 Å². The number of halogens is 4. The van der Waals surface area contributed by atoms with Crippen LogP contribution in [-0.4, -0.2) is 18.9 Å². The van der Waals surface area contributed by atoms with Gasteiger partial charge in [0.25, 0.3) is 6.43 Å². The second-order valence-electron chi connectivity index (χ2n) is 5.97. The smallest absolute Gasteiger partial charge is 0.255 e. The van der Waals surface area contributed by atoms with Crippen molar-refractivity contribution in [2.24, 2.45) is 0 Å². The molecule has 4 nitrogen and oxygen atoms in total. The van der Waals surface area contributed by atoms with Crippen molar-refractivity contribution in [2.45, 2.75) is 25.6 Å². The van der Waals surface area contributed by atoms with Gasteiger partial charge in [0.2, 0.25) is 5.91 Å². The summed E-state index contributed by atoms with van der Waals surface area (Å²) >= 11 is 12.2. The summed E-state index contributed by atoms with van der Waals surface area (Å²) in [6, 6.07) is 9.51. The molecule has 0 bridgehead atoms. The summed E-state index contributed by atoms with van der Waals surface area (Å²) in [6.07, 6.45) is -2.64. The zero-order valence-corrected chi connectivity index (χ0v) is 15.2. The largest absolute Gasteiger partial charge is 0.370 e. The van der Waals surface area contributed by atoms with E-state index in [2.05, 4.69) is 16.0 Å². The third kappa shape index (κ3) is 4.44. The van der Waals surface area contributed by atoms with Crippen molar-refractivity contribution in [3.63, 3.8) is 0 Å². The van der Waals surface area contributed by atoms with Gasteiger partial charge in [-0.05, 0) is 41.5 Å². The van der Waals surface area contributed by atoms with Gasteiger partial charge in [-0.1, -0.05) is 29.3 Å². The van der Waals surface area contributed by atoms with Crippen LogP contribution in [0.4, 0.5) is 14.5 Å². The van der Waals surface area contributed by atoms with E-state index < -0.39 is 24.9 Å². The molecule has 0 spiro atoms. The first-order valence-corrected chi connectivity index (χ1v) is 8.79. The zero-order valence-electron chi connectivity index (χ0n) is 13.7. The summed E-state index contributed by atoms with van der Waals surface area (Å²) in [6.45, 7) is 0.808. The van der Waals surface area contributed by atoms with Gasteiger partial charge in [-0.2, -0.15) is 0 Å². The molecule has 2 aromatic carbocycles. The fourth-order valence-corrected chi connectivity index (χ4v) is 3.26. The van der Waals surface area contributed by atoms with Crippen LogP contribution >= 0.6 is 23.2 Å². The van der Waals surface area contributed by atoms with E-state index in [-0.39, 0.29) is 0 Å². The average molecular weight is 400 g/mol. The zero-order chi connectivity index (χ0) is 18.7. The Labute approximate surface area is 159 Å². The van der Waals surface area contributed by atoms with Crippen molar-refractivity contribution in [2.75, 3.05) is 11.9 Å². The van der Waals surface area contributed by atoms with Crippen molar-refractivity contribution in [1.82, 2.24) is 10.6 Å². The highest BCUT2D eigenvalue weighted by Crippen LogP contribution is 2.30. The number of amides is 1. The van der Waals surface area contributed by atoms with Crippen molar-refractivity contribution in [3.8, 4) is 0 Å². The van der Waals surface area contributed by atoms with E-state index in [1.54, 1.807) is 18.2 Å². The molecule has 2 aromatic rings. The number of carbonyl (C=O) groups excluding carboxylic acids is 1. The summed E-state index contributed by atoms with van der Waals surface area (Å²) in [5.41, 5.74) is 3.43. The summed E-state index contributed by atoms with van der Waals surface area (Å²) < 4.78 is 25.0. The number of rotatable bonds is 6. The second kappa shape index (κ2) is 8.20. The minimum absolute atomic E-state index is 0.321. The minimum Gasteiger partial charge on any atom is -0.370 e. The molecule has 1 amide bonds. The molecule has 0 aromatic heterocycles. The van der Waals surface area contributed by atoms with Crippen LogP contribution in [0.1, 0.15) is 22.7 Å². The number of anilines is 1. The van der Waals surface area contributed by atoms with Gasteiger partial charge in [0.1, 0.15) is 6.04 Å². The molecule has 1 aliphatic heterocycles. The molecule has 0 saturated carbocycles. The number of nitrogens with one attached hydrogen (secondary N) is 3. The van der Waals surface area contributed by atoms with Gasteiger partial charge in [-0.15, -0.1) is 0 Å². The van der Waals surface area contributed by atoms with E-state index in [1.165, 1.54) is 5.56 Å². The molecule has 0 fully saturated rings. The quantitative estimate of drug-likeness (QED) is 0.684. The Morgan fingerprint density at radius 2 is 1.88 bits per heavy atom. The molecule has 1 heterocycles. The molecule has 0 unspecified atom stereocenters. The topological polar surface area (TPSA) is 53.2 Å². The lowest BCUT2D eigenvalue weighted by Crippen LogP contribution is -2.36. The lowest BCUT2D eigenvalue weighted by Gasteiger charge is -2.21. The molecular formula is C18H17Cl2F2N3O. The van der Waals surface area contributed by atoms with Gasteiger partial charge in [0.05, 0.1) is 6.54 Å². The summed E-state index contributed by atoms with van der Waals surface area (Å²) in [5, 5.41) is 9.29. The van der Waals surface area contributed by atoms with Crippen molar-refractivity contribution < 1.29 is 13.6 Å². The number of hydrogen-bond acceptors (Lipinski definition) is 3. The van der Waals surface area contributed by atoms with Crippen molar-refractivity contribution in [1.29, 1.82) is 0 Å². The molecule has 3 N–H and O–H groups in total. The first-order chi connectivity index (χ1) is 12.4. The van der Waals surface area contributed by atoms with Crippen LogP contribution < -0.4 is 16.0 Å². The van der Waals surface area contributed by atoms with E-state index in [4.69, 9.17) is 23.2 Å². The van der Waals surface area contributed by atoms with E-state index in [1.807, 2.05) is 18.2 Å². The lowest BCUT2D eigenvalue weighted by molar-refractivity contribution is -0.122. The monoisotopic (exact) mass is 399 g/mol.